The number of nitrogens with zero attached hydrogens (tertiary/aromatic N) is 2. The summed E-state index contributed by atoms with van der Waals surface area (Å²) in [5.41, 5.74) is 0.516. The molecule has 2 heterocycles. The summed E-state index contributed by atoms with van der Waals surface area (Å²) in [6.07, 6.45) is 3.27. The van der Waals surface area contributed by atoms with Crippen LogP contribution in [0.1, 0.15) is 0 Å². The van der Waals surface area contributed by atoms with Gasteiger partial charge in [-0.2, -0.15) is 5.10 Å². The van der Waals surface area contributed by atoms with Crippen molar-refractivity contribution < 1.29 is 4.39 Å². The Morgan fingerprint density at radius 1 is 1.40 bits per heavy atom. The average molecular weight is 136 g/mol. The van der Waals surface area contributed by atoms with E-state index in [-0.39, 0.29) is 5.82 Å². The third-order valence-corrected chi connectivity index (χ3v) is 1.38. The Kier molecular flexibility index (Phi) is 0.974. The van der Waals surface area contributed by atoms with E-state index >= 15 is 0 Å². The molecule has 0 aliphatic heterocycles. The van der Waals surface area contributed by atoms with Crippen LogP contribution in [0.15, 0.2) is 30.6 Å². The topological polar surface area (TPSA) is 17.3 Å². The first kappa shape index (κ1) is 5.41. The Labute approximate surface area is 56.9 Å². The molecular weight excluding hydrogens is 131 g/mol. The fraction of sp³-hybridized carbons (Fsp3) is 0. The van der Waals surface area contributed by atoms with Gasteiger partial charge in [0.25, 0.3) is 0 Å². The van der Waals surface area contributed by atoms with E-state index in [0.29, 0.717) is 5.52 Å². The maximum Gasteiger partial charge on any atom is 0.148 e. The van der Waals surface area contributed by atoms with Crippen LogP contribution < -0.4 is 0 Å². The quantitative estimate of drug-likeness (QED) is 0.536. The summed E-state index contributed by atoms with van der Waals surface area (Å²) >= 11 is 0. The highest BCUT2D eigenvalue weighted by atomic mass is 19.1. The number of aromatic nitrogens is 2. The summed E-state index contributed by atoms with van der Waals surface area (Å²) in [6, 6.07) is 4.67. The average Bonchev–Trinajstić information content (AvgIpc) is 2.36. The Morgan fingerprint density at radius 2 is 2.30 bits per heavy atom. The Bertz CT molecular complexity index is 353. The predicted octanol–water partition coefficient (Wildman–Crippen LogP) is 1.47. The fourth-order valence-electron chi connectivity index (χ4n) is 0.917. The molecule has 2 rings (SSSR count). The number of pyridine rings is 1. The third kappa shape index (κ3) is 0.603. The molecule has 0 spiro atoms. The molecule has 0 amide bonds. The third-order valence-electron chi connectivity index (χ3n) is 1.38. The van der Waals surface area contributed by atoms with Crippen LogP contribution in [0.25, 0.3) is 5.52 Å². The molecule has 2 aromatic rings. The van der Waals surface area contributed by atoms with Crippen molar-refractivity contribution in [3.05, 3.63) is 36.4 Å². The van der Waals surface area contributed by atoms with Gasteiger partial charge < -0.3 is 0 Å². The molecule has 10 heavy (non-hydrogen) atoms. The lowest BCUT2D eigenvalue weighted by atomic mass is 10.4. The van der Waals surface area contributed by atoms with Gasteiger partial charge in [0.15, 0.2) is 0 Å². The van der Waals surface area contributed by atoms with E-state index in [1.807, 2.05) is 0 Å². The minimum atomic E-state index is -0.236. The first-order valence-corrected chi connectivity index (χ1v) is 2.96. The molecule has 2 aromatic heterocycles. The molecule has 0 unspecified atom stereocenters. The van der Waals surface area contributed by atoms with Crippen LogP contribution in [0.2, 0.25) is 0 Å². The van der Waals surface area contributed by atoms with Gasteiger partial charge in [0.05, 0.1) is 6.20 Å². The van der Waals surface area contributed by atoms with Gasteiger partial charge in [0.2, 0.25) is 0 Å². The monoisotopic (exact) mass is 136 g/mol. The van der Waals surface area contributed by atoms with E-state index in [0.717, 1.165) is 0 Å². The van der Waals surface area contributed by atoms with Crippen molar-refractivity contribution >= 4 is 5.52 Å². The normalized spacial score (nSPS) is 10.5. The second kappa shape index (κ2) is 1.80. The molecule has 50 valence electrons. The van der Waals surface area contributed by atoms with E-state index in [4.69, 9.17) is 0 Å². The molecule has 0 radical (unpaired) electrons. The lowest BCUT2D eigenvalue weighted by molar-refractivity contribution is 0.630. The lowest BCUT2D eigenvalue weighted by Crippen LogP contribution is -1.86. The molecule has 0 saturated heterocycles. The van der Waals surface area contributed by atoms with Crippen LogP contribution in [-0.2, 0) is 0 Å². The summed E-state index contributed by atoms with van der Waals surface area (Å²) in [5, 5.41) is 3.86. The summed E-state index contributed by atoms with van der Waals surface area (Å²) in [4.78, 5) is 0. The van der Waals surface area contributed by atoms with Gasteiger partial charge in [-0.3, -0.25) is 0 Å². The molecule has 0 aliphatic carbocycles. The summed E-state index contributed by atoms with van der Waals surface area (Å²) in [7, 11) is 0. The summed E-state index contributed by atoms with van der Waals surface area (Å²) < 4.78 is 14.3. The van der Waals surface area contributed by atoms with Gasteiger partial charge in [0, 0.05) is 6.20 Å². The van der Waals surface area contributed by atoms with E-state index in [2.05, 4.69) is 5.10 Å². The van der Waals surface area contributed by atoms with Crippen LogP contribution in [0.3, 0.4) is 0 Å². The molecule has 0 fully saturated rings. The van der Waals surface area contributed by atoms with Crippen LogP contribution in [0.4, 0.5) is 4.39 Å². The fourth-order valence-corrected chi connectivity index (χ4v) is 0.917. The Morgan fingerprint density at radius 3 is 3.10 bits per heavy atom. The van der Waals surface area contributed by atoms with Gasteiger partial charge in [-0.15, -0.1) is 0 Å². The van der Waals surface area contributed by atoms with Gasteiger partial charge in [0.1, 0.15) is 11.3 Å². The first-order valence-electron chi connectivity index (χ1n) is 2.96. The van der Waals surface area contributed by atoms with Gasteiger partial charge in [-0.1, -0.05) is 0 Å². The number of hydrogen-bond acceptors (Lipinski definition) is 1. The second-order valence-corrected chi connectivity index (χ2v) is 2.02. The first-order chi connectivity index (χ1) is 4.88. The number of rotatable bonds is 0. The summed E-state index contributed by atoms with van der Waals surface area (Å²) in [6.45, 7) is 0. The predicted molar refractivity (Wildman–Crippen MR) is 35.1 cm³/mol. The van der Waals surface area contributed by atoms with Crippen molar-refractivity contribution in [1.82, 2.24) is 9.61 Å². The minimum Gasteiger partial charge on any atom is -0.238 e. The van der Waals surface area contributed by atoms with Crippen LogP contribution >= 0.6 is 0 Å². The van der Waals surface area contributed by atoms with Gasteiger partial charge >= 0.3 is 0 Å². The van der Waals surface area contributed by atoms with Crippen LogP contribution in [0, 0.1) is 5.82 Å². The maximum atomic E-state index is 12.8. The Hall–Kier alpha value is -1.38. The molecule has 0 aliphatic rings. The zero-order chi connectivity index (χ0) is 6.97. The molecule has 0 aromatic carbocycles. The lowest BCUT2D eigenvalue weighted by Gasteiger charge is -1.90. The number of halogens is 1. The largest absolute Gasteiger partial charge is 0.238 e. The zero-order valence-electron chi connectivity index (χ0n) is 5.16. The molecule has 0 N–H and O–H groups in total. The smallest absolute Gasteiger partial charge is 0.148 e. The van der Waals surface area contributed by atoms with Crippen LogP contribution in [0.5, 0.6) is 0 Å². The van der Waals surface area contributed by atoms with E-state index in [9.17, 15) is 4.39 Å². The highest BCUT2D eigenvalue weighted by molar-refractivity contribution is 5.46. The highest BCUT2D eigenvalue weighted by Crippen LogP contribution is 2.05. The maximum absolute atomic E-state index is 12.8. The molecule has 0 saturated carbocycles. The highest BCUT2D eigenvalue weighted by Gasteiger charge is 1.96. The van der Waals surface area contributed by atoms with Crippen molar-refractivity contribution in [2.75, 3.05) is 0 Å². The molecule has 3 heteroatoms. The van der Waals surface area contributed by atoms with E-state index in [1.54, 1.807) is 24.5 Å². The van der Waals surface area contributed by atoms with Crippen molar-refractivity contribution in [1.29, 1.82) is 0 Å². The van der Waals surface area contributed by atoms with Crippen molar-refractivity contribution in [2.24, 2.45) is 0 Å². The molecule has 2 nitrogen and oxygen atoms in total. The van der Waals surface area contributed by atoms with E-state index < -0.39 is 0 Å². The summed E-state index contributed by atoms with van der Waals surface area (Å²) in [5.74, 6) is -0.236. The molecule has 0 bridgehead atoms. The minimum absolute atomic E-state index is 0.236. The SMILES string of the molecule is Fc1cccn2nccc12. The molecular formula is C7H5FN2. The van der Waals surface area contributed by atoms with E-state index in [1.165, 1.54) is 10.6 Å². The standard InChI is InChI=1S/C7H5FN2/c8-6-2-1-5-10-7(6)3-4-9-10/h1-5H. The number of fused-ring (bicyclic) bond motifs is 1. The Balaban J connectivity index is 2.95. The van der Waals surface area contributed by atoms with Gasteiger partial charge in [-0.05, 0) is 18.2 Å². The van der Waals surface area contributed by atoms with Crippen molar-refractivity contribution in [3.63, 3.8) is 0 Å². The second-order valence-electron chi connectivity index (χ2n) is 2.02. The van der Waals surface area contributed by atoms with Crippen LogP contribution in [-0.4, -0.2) is 9.61 Å². The zero-order valence-corrected chi connectivity index (χ0v) is 5.16. The molecule has 0 atom stereocenters. The number of hydrogen-bond donors (Lipinski definition) is 0. The van der Waals surface area contributed by atoms with Gasteiger partial charge in [-0.25, -0.2) is 8.91 Å². The van der Waals surface area contributed by atoms with Crippen molar-refractivity contribution in [3.8, 4) is 0 Å². The van der Waals surface area contributed by atoms with Crippen molar-refractivity contribution in [2.45, 2.75) is 0 Å².